The summed E-state index contributed by atoms with van der Waals surface area (Å²) in [6.45, 7) is 3.04. The Morgan fingerprint density at radius 3 is 2.82 bits per heavy atom. The normalized spacial score (nSPS) is 13.5. The molecule has 2 aromatic heterocycles. The quantitative estimate of drug-likeness (QED) is 0.475. The summed E-state index contributed by atoms with van der Waals surface area (Å²) in [6.07, 6.45) is 5.32. The molecule has 7 nitrogen and oxygen atoms in total. The number of amides is 2. The third kappa shape index (κ3) is 4.43. The van der Waals surface area contributed by atoms with E-state index in [1.807, 2.05) is 66.2 Å². The Morgan fingerprint density at radius 2 is 2.00 bits per heavy atom. The topological polar surface area (TPSA) is 75.9 Å². The van der Waals surface area contributed by atoms with Gasteiger partial charge in [-0.25, -0.2) is 4.98 Å². The van der Waals surface area contributed by atoms with Gasteiger partial charge in [0, 0.05) is 42.3 Å². The van der Waals surface area contributed by atoms with E-state index in [9.17, 15) is 9.59 Å². The van der Waals surface area contributed by atoms with Crippen LogP contribution in [0.25, 0.3) is 5.65 Å². The molecule has 1 N–H and O–H groups in total. The fourth-order valence-electron chi connectivity index (χ4n) is 4.03. The Labute approximate surface area is 191 Å². The van der Waals surface area contributed by atoms with Gasteiger partial charge in [0.05, 0.1) is 5.69 Å². The maximum Gasteiger partial charge on any atom is 0.255 e. The van der Waals surface area contributed by atoms with Crippen molar-refractivity contribution in [2.75, 3.05) is 16.8 Å². The van der Waals surface area contributed by atoms with E-state index in [1.54, 1.807) is 23.1 Å². The Morgan fingerprint density at radius 1 is 1.12 bits per heavy atom. The Kier molecular flexibility index (Phi) is 5.52. The largest absolute Gasteiger partial charge is 0.487 e. The van der Waals surface area contributed by atoms with Crippen LogP contribution in [0, 0.1) is 6.92 Å². The average molecular weight is 441 g/mol. The van der Waals surface area contributed by atoms with Crippen molar-refractivity contribution in [3.8, 4) is 5.75 Å². The van der Waals surface area contributed by atoms with Crippen LogP contribution in [-0.4, -0.2) is 27.7 Å². The van der Waals surface area contributed by atoms with Gasteiger partial charge in [0.25, 0.3) is 5.91 Å². The van der Waals surface area contributed by atoms with Gasteiger partial charge in [0.1, 0.15) is 18.0 Å². The second-order valence-corrected chi connectivity index (χ2v) is 8.12. The second kappa shape index (κ2) is 8.78. The number of hydrogen-bond donors (Lipinski definition) is 1. The summed E-state index contributed by atoms with van der Waals surface area (Å²) >= 11 is 0. The molecular weight excluding hydrogens is 416 g/mol. The van der Waals surface area contributed by atoms with Gasteiger partial charge in [0.15, 0.2) is 0 Å². The first-order chi connectivity index (χ1) is 16.1. The monoisotopic (exact) mass is 440 g/mol. The molecule has 0 aliphatic carbocycles. The number of rotatable bonds is 6. The molecule has 1 aliphatic heterocycles. The number of imidazole rings is 1. The van der Waals surface area contributed by atoms with E-state index in [0.717, 1.165) is 29.0 Å². The molecule has 0 unspecified atom stereocenters. The van der Waals surface area contributed by atoms with Crippen molar-refractivity contribution in [3.63, 3.8) is 0 Å². The van der Waals surface area contributed by atoms with Crippen LogP contribution in [0.2, 0.25) is 0 Å². The van der Waals surface area contributed by atoms with E-state index < -0.39 is 0 Å². The van der Waals surface area contributed by atoms with E-state index in [4.69, 9.17) is 4.74 Å². The van der Waals surface area contributed by atoms with E-state index >= 15 is 0 Å². The van der Waals surface area contributed by atoms with Crippen LogP contribution in [0.5, 0.6) is 5.75 Å². The van der Waals surface area contributed by atoms with Crippen molar-refractivity contribution < 1.29 is 14.3 Å². The number of aryl methyl sites for hydroxylation is 1. The lowest BCUT2D eigenvalue weighted by Gasteiger charge is -2.17. The van der Waals surface area contributed by atoms with E-state index in [0.29, 0.717) is 36.6 Å². The Hall–Kier alpha value is -4.13. The van der Waals surface area contributed by atoms with Gasteiger partial charge in [-0.05, 0) is 61.4 Å². The minimum absolute atomic E-state index is 0.115. The number of benzene rings is 2. The fraction of sp³-hybridized carbons (Fsp3) is 0.192. The van der Waals surface area contributed by atoms with Crippen molar-refractivity contribution in [1.29, 1.82) is 0 Å². The average Bonchev–Trinajstić information content (AvgIpc) is 3.45. The van der Waals surface area contributed by atoms with Crippen LogP contribution < -0.4 is 15.0 Å². The molecule has 1 aliphatic rings. The number of nitrogens with zero attached hydrogens (tertiary/aromatic N) is 3. The van der Waals surface area contributed by atoms with Gasteiger partial charge in [-0.15, -0.1) is 0 Å². The number of ether oxygens (including phenoxy) is 1. The molecule has 3 heterocycles. The van der Waals surface area contributed by atoms with E-state index in [-0.39, 0.29) is 11.8 Å². The van der Waals surface area contributed by atoms with Crippen LogP contribution in [0.15, 0.2) is 73.1 Å². The summed E-state index contributed by atoms with van der Waals surface area (Å²) < 4.78 is 7.87. The maximum absolute atomic E-state index is 12.8. The zero-order valence-corrected chi connectivity index (χ0v) is 18.3. The smallest absolute Gasteiger partial charge is 0.255 e. The summed E-state index contributed by atoms with van der Waals surface area (Å²) in [5, 5.41) is 2.91. The first-order valence-electron chi connectivity index (χ1n) is 10.9. The highest BCUT2D eigenvalue weighted by molar-refractivity contribution is 6.05. The molecule has 0 spiro atoms. The summed E-state index contributed by atoms with van der Waals surface area (Å²) in [7, 11) is 0. The van der Waals surface area contributed by atoms with Gasteiger partial charge in [-0.1, -0.05) is 18.2 Å². The van der Waals surface area contributed by atoms with Crippen LogP contribution in [0.1, 0.15) is 34.5 Å². The number of fused-ring (bicyclic) bond motifs is 1. The lowest BCUT2D eigenvalue weighted by molar-refractivity contribution is -0.117. The minimum Gasteiger partial charge on any atom is -0.487 e. The highest BCUT2D eigenvalue weighted by Crippen LogP contribution is 2.25. The molecule has 5 rings (SSSR count). The van der Waals surface area contributed by atoms with Gasteiger partial charge >= 0.3 is 0 Å². The lowest BCUT2D eigenvalue weighted by atomic mass is 10.2. The molecule has 2 amide bonds. The molecule has 1 saturated heterocycles. The predicted octanol–water partition coefficient (Wildman–Crippen LogP) is 4.60. The molecule has 4 aromatic rings. The second-order valence-electron chi connectivity index (χ2n) is 8.12. The number of carbonyl (C=O) groups excluding carboxylic acids is 2. The Balaban J connectivity index is 1.26. The molecule has 1 fully saturated rings. The number of carbonyl (C=O) groups is 2. The molecule has 33 heavy (non-hydrogen) atoms. The Bertz CT molecular complexity index is 1340. The molecular formula is C26H24N4O3. The molecule has 2 aromatic carbocycles. The van der Waals surface area contributed by atoms with E-state index in [1.165, 1.54) is 0 Å². The van der Waals surface area contributed by atoms with E-state index in [2.05, 4.69) is 10.3 Å². The van der Waals surface area contributed by atoms with Crippen LogP contribution in [0.3, 0.4) is 0 Å². The molecule has 0 atom stereocenters. The number of hydrogen-bond acceptors (Lipinski definition) is 4. The molecule has 0 radical (unpaired) electrons. The summed E-state index contributed by atoms with van der Waals surface area (Å²) in [5.74, 6) is 0.464. The molecule has 7 heteroatoms. The van der Waals surface area contributed by atoms with Crippen molar-refractivity contribution in [2.45, 2.75) is 26.4 Å². The molecule has 0 saturated carbocycles. The number of aromatic nitrogens is 2. The number of pyridine rings is 1. The maximum atomic E-state index is 12.8. The van der Waals surface area contributed by atoms with Gasteiger partial charge < -0.3 is 19.4 Å². The highest BCUT2D eigenvalue weighted by Gasteiger charge is 2.21. The van der Waals surface area contributed by atoms with Crippen molar-refractivity contribution >= 4 is 28.8 Å². The highest BCUT2D eigenvalue weighted by atomic mass is 16.5. The van der Waals surface area contributed by atoms with Crippen LogP contribution >= 0.6 is 0 Å². The van der Waals surface area contributed by atoms with Crippen LogP contribution in [-0.2, 0) is 11.4 Å². The number of nitrogens with one attached hydrogen (secondary N) is 1. The summed E-state index contributed by atoms with van der Waals surface area (Å²) in [6, 6.07) is 18.4. The zero-order valence-electron chi connectivity index (χ0n) is 18.3. The first-order valence-corrected chi connectivity index (χ1v) is 10.9. The third-order valence-electron chi connectivity index (χ3n) is 5.70. The SMILES string of the molecule is Cc1cccn2cc(COc3cccc(C(=O)Nc4cccc(N5CCCC5=O)c4)c3)nc12. The standard InChI is InChI=1S/C26H24N4O3/c1-18-6-4-12-29-16-21(27-25(18)29)17-33-23-10-2-7-19(14-23)26(32)28-20-8-3-9-22(15-20)30-13-5-11-24(30)31/h2-4,6-10,12,14-16H,5,11,13,17H2,1H3,(H,28,32). The fourth-order valence-corrected chi connectivity index (χ4v) is 4.03. The third-order valence-corrected chi connectivity index (χ3v) is 5.70. The van der Waals surface area contributed by atoms with Crippen molar-refractivity contribution in [1.82, 2.24) is 9.38 Å². The molecule has 0 bridgehead atoms. The van der Waals surface area contributed by atoms with Crippen molar-refractivity contribution in [3.05, 3.63) is 89.9 Å². The number of anilines is 2. The van der Waals surface area contributed by atoms with Crippen LogP contribution in [0.4, 0.5) is 11.4 Å². The van der Waals surface area contributed by atoms with Gasteiger partial charge in [0.2, 0.25) is 5.91 Å². The lowest BCUT2D eigenvalue weighted by Crippen LogP contribution is -2.23. The summed E-state index contributed by atoms with van der Waals surface area (Å²) in [5.41, 5.74) is 4.75. The first kappa shape index (κ1) is 20.8. The molecule has 166 valence electrons. The van der Waals surface area contributed by atoms with Crippen molar-refractivity contribution in [2.24, 2.45) is 0 Å². The predicted molar refractivity (Wildman–Crippen MR) is 127 cm³/mol. The summed E-state index contributed by atoms with van der Waals surface area (Å²) in [4.78, 5) is 31.2. The van der Waals surface area contributed by atoms with Gasteiger partial charge in [-0.3, -0.25) is 9.59 Å². The minimum atomic E-state index is -0.242. The van der Waals surface area contributed by atoms with Gasteiger partial charge in [-0.2, -0.15) is 0 Å². The zero-order chi connectivity index (χ0) is 22.8.